The minimum absolute atomic E-state index is 0.583. The van der Waals surface area contributed by atoms with E-state index in [1.54, 1.807) is 31.5 Å². The molecule has 0 aliphatic carbocycles. The maximum absolute atomic E-state index is 5.94. The molecule has 0 saturated carbocycles. The molecule has 0 amide bonds. The largest absolute Gasteiger partial charge is 0.383 e. The lowest BCUT2D eigenvalue weighted by atomic mass is 10.3. The van der Waals surface area contributed by atoms with Crippen molar-refractivity contribution in [3.8, 4) is 0 Å². The van der Waals surface area contributed by atoms with E-state index in [1.165, 1.54) is 0 Å². The van der Waals surface area contributed by atoms with Crippen LogP contribution in [0.2, 0.25) is 10.0 Å². The summed E-state index contributed by atoms with van der Waals surface area (Å²) in [7, 11) is 1.67. The molecule has 0 fully saturated rings. The average molecular weight is 286 g/mol. The first-order valence-corrected chi connectivity index (χ1v) is 6.18. The smallest absolute Gasteiger partial charge is 0.207 e. The standard InChI is InChI=1S/C12H13Cl2N3O/c1-18-5-4-17-3-2-15-12(17)16-11-7-9(13)6-10(14)8-11/h2-3,6-8H,4-5H2,1H3,(H,15,16). The molecule has 0 spiro atoms. The van der Waals surface area contributed by atoms with Crippen molar-refractivity contribution in [2.45, 2.75) is 6.54 Å². The van der Waals surface area contributed by atoms with Gasteiger partial charge in [0, 0.05) is 41.8 Å². The summed E-state index contributed by atoms with van der Waals surface area (Å²) in [5.74, 6) is 0.727. The Morgan fingerprint density at radius 3 is 2.67 bits per heavy atom. The van der Waals surface area contributed by atoms with E-state index in [2.05, 4.69) is 10.3 Å². The summed E-state index contributed by atoms with van der Waals surface area (Å²) < 4.78 is 7.00. The van der Waals surface area contributed by atoms with Crippen molar-refractivity contribution in [3.63, 3.8) is 0 Å². The van der Waals surface area contributed by atoms with Gasteiger partial charge in [-0.05, 0) is 18.2 Å². The van der Waals surface area contributed by atoms with Crippen molar-refractivity contribution < 1.29 is 4.74 Å². The zero-order valence-corrected chi connectivity index (χ0v) is 11.4. The first-order chi connectivity index (χ1) is 8.69. The summed E-state index contributed by atoms with van der Waals surface area (Å²) in [5, 5.41) is 4.34. The van der Waals surface area contributed by atoms with E-state index in [0.717, 1.165) is 18.2 Å². The zero-order chi connectivity index (χ0) is 13.0. The van der Waals surface area contributed by atoms with Crippen LogP contribution in [0.4, 0.5) is 11.6 Å². The Morgan fingerprint density at radius 1 is 1.28 bits per heavy atom. The summed E-state index contributed by atoms with van der Waals surface area (Å²) in [6.45, 7) is 1.36. The fraction of sp³-hybridized carbons (Fsp3) is 0.250. The number of nitrogens with one attached hydrogen (secondary N) is 1. The maximum atomic E-state index is 5.94. The highest BCUT2D eigenvalue weighted by Gasteiger charge is 2.04. The predicted molar refractivity (Wildman–Crippen MR) is 73.8 cm³/mol. The normalized spacial score (nSPS) is 10.6. The van der Waals surface area contributed by atoms with Crippen molar-refractivity contribution in [2.75, 3.05) is 19.0 Å². The fourth-order valence-corrected chi connectivity index (χ4v) is 2.08. The van der Waals surface area contributed by atoms with Crippen LogP contribution in [0.1, 0.15) is 0 Å². The Hall–Kier alpha value is -1.23. The second-order valence-electron chi connectivity index (χ2n) is 3.72. The van der Waals surface area contributed by atoms with Gasteiger partial charge in [-0.15, -0.1) is 0 Å². The van der Waals surface area contributed by atoms with Crippen LogP contribution in [0.25, 0.3) is 0 Å². The molecule has 0 unspecified atom stereocenters. The molecule has 0 saturated heterocycles. The summed E-state index contributed by atoms with van der Waals surface area (Å²) >= 11 is 11.9. The molecule has 0 atom stereocenters. The van der Waals surface area contributed by atoms with Crippen LogP contribution < -0.4 is 5.32 Å². The highest BCUT2D eigenvalue weighted by Crippen LogP contribution is 2.24. The minimum Gasteiger partial charge on any atom is -0.383 e. The average Bonchev–Trinajstić information content (AvgIpc) is 2.72. The Morgan fingerprint density at radius 2 is 2.00 bits per heavy atom. The van der Waals surface area contributed by atoms with Crippen LogP contribution in [0.5, 0.6) is 0 Å². The van der Waals surface area contributed by atoms with Crippen LogP contribution >= 0.6 is 23.2 Å². The molecule has 1 N–H and O–H groups in total. The molecule has 0 radical (unpaired) electrons. The Labute approximate surface area is 115 Å². The van der Waals surface area contributed by atoms with E-state index < -0.39 is 0 Å². The lowest BCUT2D eigenvalue weighted by molar-refractivity contribution is 0.188. The van der Waals surface area contributed by atoms with Crippen molar-refractivity contribution in [1.82, 2.24) is 9.55 Å². The van der Waals surface area contributed by atoms with Gasteiger partial charge < -0.3 is 14.6 Å². The Kier molecular flexibility index (Phi) is 4.47. The SMILES string of the molecule is COCCn1ccnc1Nc1cc(Cl)cc(Cl)c1. The molecule has 0 bridgehead atoms. The van der Waals surface area contributed by atoms with Gasteiger partial charge in [0.1, 0.15) is 0 Å². The lowest BCUT2D eigenvalue weighted by Crippen LogP contribution is -2.07. The summed E-state index contributed by atoms with van der Waals surface area (Å²) in [5.41, 5.74) is 0.803. The Bertz CT molecular complexity index is 508. The van der Waals surface area contributed by atoms with Gasteiger partial charge in [0.2, 0.25) is 5.95 Å². The van der Waals surface area contributed by atoms with E-state index >= 15 is 0 Å². The van der Waals surface area contributed by atoms with Crippen LogP contribution in [-0.2, 0) is 11.3 Å². The van der Waals surface area contributed by atoms with Crippen LogP contribution in [0, 0.1) is 0 Å². The van der Waals surface area contributed by atoms with Gasteiger partial charge in [-0.25, -0.2) is 4.98 Å². The van der Waals surface area contributed by atoms with Crippen LogP contribution in [0.3, 0.4) is 0 Å². The molecule has 0 aliphatic rings. The van der Waals surface area contributed by atoms with Gasteiger partial charge in [0.15, 0.2) is 0 Å². The first-order valence-electron chi connectivity index (χ1n) is 5.42. The van der Waals surface area contributed by atoms with E-state index in [4.69, 9.17) is 27.9 Å². The molecule has 1 aromatic carbocycles. The second kappa shape index (κ2) is 6.09. The Balaban J connectivity index is 2.15. The third kappa shape index (κ3) is 3.38. The number of imidazole rings is 1. The van der Waals surface area contributed by atoms with Gasteiger partial charge >= 0.3 is 0 Å². The molecule has 6 heteroatoms. The minimum atomic E-state index is 0.583. The van der Waals surface area contributed by atoms with Gasteiger partial charge in [0.05, 0.1) is 6.61 Å². The second-order valence-corrected chi connectivity index (χ2v) is 4.59. The summed E-state index contributed by atoms with van der Waals surface area (Å²) in [6, 6.07) is 5.28. The van der Waals surface area contributed by atoms with Crippen molar-refractivity contribution >= 4 is 34.8 Å². The number of methoxy groups -OCH3 is 1. The lowest BCUT2D eigenvalue weighted by Gasteiger charge is -2.10. The van der Waals surface area contributed by atoms with Crippen molar-refractivity contribution in [3.05, 3.63) is 40.6 Å². The third-order valence-electron chi connectivity index (χ3n) is 2.37. The first kappa shape index (κ1) is 13.2. The summed E-state index contributed by atoms with van der Waals surface area (Å²) in [6.07, 6.45) is 3.61. The molecular formula is C12H13Cl2N3O. The number of anilines is 2. The molecule has 0 aliphatic heterocycles. The maximum Gasteiger partial charge on any atom is 0.207 e. The van der Waals surface area contributed by atoms with Gasteiger partial charge in [-0.2, -0.15) is 0 Å². The van der Waals surface area contributed by atoms with Crippen molar-refractivity contribution in [2.24, 2.45) is 0 Å². The van der Waals surface area contributed by atoms with Crippen LogP contribution in [0.15, 0.2) is 30.6 Å². The quantitative estimate of drug-likeness (QED) is 0.913. The number of ether oxygens (including phenoxy) is 1. The molecule has 18 heavy (non-hydrogen) atoms. The fourth-order valence-electron chi connectivity index (χ4n) is 1.56. The number of hydrogen-bond acceptors (Lipinski definition) is 3. The topological polar surface area (TPSA) is 39.1 Å². The molecule has 1 aromatic heterocycles. The van der Waals surface area contributed by atoms with Gasteiger partial charge in [-0.3, -0.25) is 0 Å². The molecule has 1 heterocycles. The number of hydrogen-bond donors (Lipinski definition) is 1. The number of halogens is 2. The molecule has 2 aromatic rings. The van der Waals surface area contributed by atoms with E-state index in [-0.39, 0.29) is 0 Å². The predicted octanol–water partition coefficient (Wildman–Crippen LogP) is 3.58. The number of aromatic nitrogens is 2. The van der Waals surface area contributed by atoms with Crippen LogP contribution in [-0.4, -0.2) is 23.3 Å². The van der Waals surface area contributed by atoms with E-state index in [9.17, 15) is 0 Å². The monoisotopic (exact) mass is 285 g/mol. The zero-order valence-electron chi connectivity index (χ0n) is 9.86. The molecule has 96 valence electrons. The van der Waals surface area contributed by atoms with Gasteiger partial charge in [-0.1, -0.05) is 23.2 Å². The van der Waals surface area contributed by atoms with E-state index in [1.807, 2.05) is 10.8 Å². The molecular weight excluding hydrogens is 273 g/mol. The van der Waals surface area contributed by atoms with Crippen molar-refractivity contribution in [1.29, 1.82) is 0 Å². The van der Waals surface area contributed by atoms with Gasteiger partial charge in [0.25, 0.3) is 0 Å². The van der Waals surface area contributed by atoms with E-state index in [0.29, 0.717) is 16.7 Å². The molecule has 2 rings (SSSR count). The highest BCUT2D eigenvalue weighted by atomic mass is 35.5. The third-order valence-corrected chi connectivity index (χ3v) is 2.81. The number of nitrogens with zero attached hydrogens (tertiary/aromatic N) is 2. The summed E-state index contributed by atoms with van der Waals surface area (Å²) in [4.78, 5) is 4.23. The number of rotatable bonds is 5. The highest BCUT2D eigenvalue weighted by molar-refractivity contribution is 6.35. The number of benzene rings is 1. The molecule has 4 nitrogen and oxygen atoms in total.